The highest BCUT2D eigenvalue weighted by molar-refractivity contribution is 5.95. The number of carbonyl (C=O) groups is 2. The van der Waals surface area contributed by atoms with E-state index in [9.17, 15) is 22.8 Å². The molecule has 10 heteroatoms. The lowest BCUT2D eigenvalue weighted by Crippen LogP contribution is -2.40. The van der Waals surface area contributed by atoms with E-state index < -0.39 is 23.3 Å². The number of hydrogen-bond donors (Lipinski definition) is 0. The maximum absolute atomic E-state index is 13.6. The predicted octanol–water partition coefficient (Wildman–Crippen LogP) is 4.37. The van der Waals surface area contributed by atoms with Crippen molar-refractivity contribution in [3.63, 3.8) is 0 Å². The number of rotatable bonds is 4. The summed E-state index contributed by atoms with van der Waals surface area (Å²) in [6, 6.07) is 10.9. The fourth-order valence-electron chi connectivity index (χ4n) is 5.25. The number of nitrogens with zero attached hydrogens (tertiary/aromatic N) is 3. The van der Waals surface area contributed by atoms with E-state index in [4.69, 9.17) is 4.74 Å². The molecular formula is C26H20F3N3O4. The third kappa shape index (κ3) is 3.68. The van der Waals surface area contributed by atoms with Crippen molar-refractivity contribution in [1.82, 2.24) is 14.9 Å². The first-order valence-electron chi connectivity index (χ1n) is 11.5. The van der Waals surface area contributed by atoms with E-state index in [0.29, 0.717) is 42.6 Å². The van der Waals surface area contributed by atoms with Crippen LogP contribution in [0.4, 0.5) is 13.2 Å². The Bertz CT molecular complexity index is 1370. The number of amides is 1. The van der Waals surface area contributed by atoms with Gasteiger partial charge in [0, 0.05) is 42.7 Å². The Morgan fingerprint density at radius 3 is 2.64 bits per heavy atom. The van der Waals surface area contributed by atoms with Gasteiger partial charge in [0.1, 0.15) is 5.75 Å². The van der Waals surface area contributed by atoms with Crippen LogP contribution in [0, 0.1) is 0 Å². The quantitative estimate of drug-likeness (QED) is 0.500. The lowest BCUT2D eigenvalue weighted by atomic mass is 9.92. The van der Waals surface area contributed by atoms with Crippen LogP contribution in [0.15, 0.2) is 61.1 Å². The summed E-state index contributed by atoms with van der Waals surface area (Å²) in [6.07, 6.45) is 1.81. The molecule has 3 aromatic rings. The number of likely N-dealkylation sites (tertiary alicyclic amines) is 1. The third-order valence-corrected chi connectivity index (χ3v) is 7.18. The first kappa shape index (κ1) is 22.5. The van der Waals surface area contributed by atoms with E-state index in [1.807, 2.05) is 0 Å². The predicted molar refractivity (Wildman–Crippen MR) is 120 cm³/mol. The molecule has 36 heavy (non-hydrogen) atoms. The van der Waals surface area contributed by atoms with E-state index >= 15 is 0 Å². The number of pyridine rings is 2. The molecule has 7 nitrogen and oxygen atoms in total. The second-order valence-electron chi connectivity index (χ2n) is 9.37. The summed E-state index contributed by atoms with van der Waals surface area (Å²) in [5.41, 5.74) is 1.38. The van der Waals surface area contributed by atoms with Crippen LogP contribution in [-0.2, 0) is 20.5 Å². The van der Waals surface area contributed by atoms with Crippen LogP contribution in [-0.4, -0.2) is 46.2 Å². The summed E-state index contributed by atoms with van der Waals surface area (Å²) in [4.78, 5) is 36.1. The molecule has 1 saturated heterocycles. The van der Waals surface area contributed by atoms with Crippen molar-refractivity contribution >= 4 is 11.9 Å². The molecule has 1 unspecified atom stereocenters. The van der Waals surface area contributed by atoms with Crippen molar-refractivity contribution in [3.05, 3.63) is 77.7 Å². The zero-order valence-electron chi connectivity index (χ0n) is 18.9. The van der Waals surface area contributed by atoms with Crippen molar-refractivity contribution in [1.29, 1.82) is 0 Å². The Balaban J connectivity index is 1.21. The number of alkyl halides is 3. The SMILES string of the molecule is O=C1OC2(CCN(C(=O)C3(c4ccc(-c5cccc(OC(F)(F)F)c5)nc4)CC3)C2)c2ccncc21. The Labute approximate surface area is 203 Å². The number of hydrogen-bond acceptors (Lipinski definition) is 6. The fourth-order valence-corrected chi connectivity index (χ4v) is 5.25. The highest BCUT2D eigenvalue weighted by Crippen LogP contribution is 2.52. The molecule has 2 aliphatic heterocycles. The normalized spacial score (nSPS) is 21.9. The van der Waals surface area contributed by atoms with Gasteiger partial charge >= 0.3 is 12.3 Å². The Morgan fingerprint density at radius 1 is 1.08 bits per heavy atom. The number of halogens is 3. The van der Waals surface area contributed by atoms with Crippen LogP contribution < -0.4 is 4.74 Å². The molecule has 1 spiro atoms. The van der Waals surface area contributed by atoms with Crippen molar-refractivity contribution in [2.75, 3.05) is 13.1 Å². The largest absolute Gasteiger partial charge is 0.573 e. The van der Waals surface area contributed by atoms with Crippen LogP contribution in [0.25, 0.3) is 11.3 Å². The van der Waals surface area contributed by atoms with Gasteiger partial charge in [0.25, 0.3) is 0 Å². The van der Waals surface area contributed by atoms with Gasteiger partial charge in [-0.2, -0.15) is 0 Å². The Morgan fingerprint density at radius 2 is 1.92 bits per heavy atom. The van der Waals surface area contributed by atoms with Crippen molar-refractivity contribution in [2.24, 2.45) is 0 Å². The van der Waals surface area contributed by atoms with Crippen molar-refractivity contribution in [2.45, 2.75) is 36.6 Å². The number of carbonyl (C=O) groups excluding carboxylic acids is 2. The van der Waals surface area contributed by atoms with Gasteiger partial charge in [-0.25, -0.2) is 4.79 Å². The molecule has 2 aromatic heterocycles. The minimum Gasteiger partial charge on any atom is -0.449 e. The van der Waals surface area contributed by atoms with E-state index in [-0.39, 0.29) is 18.2 Å². The van der Waals surface area contributed by atoms with Gasteiger partial charge in [0.15, 0.2) is 5.60 Å². The number of benzene rings is 1. The average molecular weight is 495 g/mol. The van der Waals surface area contributed by atoms with Crippen molar-refractivity contribution in [3.8, 4) is 17.0 Å². The van der Waals surface area contributed by atoms with Gasteiger partial charge in [0.05, 0.1) is 23.2 Å². The first-order chi connectivity index (χ1) is 17.2. The fraction of sp³-hybridized carbons (Fsp3) is 0.308. The zero-order chi connectivity index (χ0) is 25.1. The smallest absolute Gasteiger partial charge is 0.449 e. The van der Waals surface area contributed by atoms with Gasteiger partial charge in [-0.15, -0.1) is 13.2 Å². The van der Waals surface area contributed by atoms with Crippen LogP contribution in [0.5, 0.6) is 5.75 Å². The topological polar surface area (TPSA) is 81.6 Å². The maximum atomic E-state index is 13.6. The lowest BCUT2D eigenvalue weighted by Gasteiger charge is -2.26. The van der Waals surface area contributed by atoms with Gasteiger partial charge in [-0.1, -0.05) is 18.2 Å². The minimum absolute atomic E-state index is 0.0342. The standard InChI is InChI=1S/C26H20F3N3O4/c27-26(28,29)35-18-3-1-2-16(12-18)21-5-4-17(13-31-21)24(7-8-24)23(34)32-11-9-25(15-32)20-6-10-30-14-19(20)22(33)36-25/h1-6,10,12-14H,7-9,11,15H2. The number of fused-ring (bicyclic) bond motifs is 2. The Hall–Kier alpha value is -3.95. The molecule has 0 N–H and O–H groups in total. The summed E-state index contributed by atoms with van der Waals surface area (Å²) < 4.78 is 47.4. The van der Waals surface area contributed by atoms with Gasteiger partial charge < -0.3 is 14.4 Å². The highest BCUT2D eigenvalue weighted by atomic mass is 19.4. The van der Waals surface area contributed by atoms with E-state index in [1.54, 1.807) is 41.6 Å². The van der Waals surface area contributed by atoms with Crippen LogP contribution >= 0.6 is 0 Å². The first-order valence-corrected chi connectivity index (χ1v) is 11.5. The molecule has 1 aromatic carbocycles. The minimum atomic E-state index is -4.78. The summed E-state index contributed by atoms with van der Waals surface area (Å²) >= 11 is 0. The monoisotopic (exact) mass is 495 g/mol. The summed E-state index contributed by atoms with van der Waals surface area (Å²) in [6.45, 7) is 0.751. The van der Waals surface area contributed by atoms with Crippen LogP contribution in [0.1, 0.15) is 40.7 Å². The molecule has 1 saturated carbocycles. The number of ether oxygens (including phenoxy) is 2. The molecule has 1 amide bonds. The van der Waals surface area contributed by atoms with Crippen LogP contribution in [0.2, 0.25) is 0 Å². The van der Waals surface area contributed by atoms with E-state index in [1.165, 1.54) is 24.4 Å². The molecule has 1 aliphatic carbocycles. The second kappa shape index (κ2) is 7.78. The van der Waals surface area contributed by atoms with Crippen LogP contribution in [0.3, 0.4) is 0 Å². The Kier molecular flexibility index (Phi) is 4.86. The molecule has 6 rings (SSSR count). The number of aromatic nitrogens is 2. The molecule has 0 radical (unpaired) electrons. The molecule has 3 aliphatic rings. The van der Waals surface area contributed by atoms with Gasteiger partial charge in [-0.05, 0) is 42.7 Å². The second-order valence-corrected chi connectivity index (χ2v) is 9.37. The highest BCUT2D eigenvalue weighted by Gasteiger charge is 2.58. The molecular weight excluding hydrogens is 475 g/mol. The molecule has 184 valence electrons. The summed E-state index contributed by atoms with van der Waals surface area (Å²) in [5, 5.41) is 0. The average Bonchev–Trinajstić information content (AvgIpc) is 3.49. The molecule has 0 bridgehead atoms. The summed E-state index contributed by atoms with van der Waals surface area (Å²) in [5.74, 6) is -0.779. The number of esters is 1. The lowest BCUT2D eigenvalue weighted by molar-refractivity contribution is -0.274. The van der Waals surface area contributed by atoms with E-state index in [0.717, 1.165) is 11.1 Å². The maximum Gasteiger partial charge on any atom is 0.573 e. The molecule has 1 atom stereocenters. The van der Waals surface area contributed by atoms with Gasteiger partial charge in [-0.3, -0.25) is 14.8 Å². The van der Waals surface area contributed by atoms with Gasteiger partial charge in [0.2, 0.25) is 5.91 Å². The zero-order valence-corrected chi connectivity index (χ0v) is 18.9. The molecule has 2 fully saturated rings. The van der Waals surface area contributed by atoms with Crippen molar-refractivity contribution < 1.29 is 32.2 Å². The third-order valence-electron chi connectivity index (χ3n) is 7.18. The summed E-state index contributed by atoms with van der Waals surface area (Å²) in [7, 11) is 0. The molecule has 4 heterocycles. The van der Waals surface area contributed by atoms with E-state index in [2.05, 4.69) is 14.7 Å².